The van der Waals surface area contributed by atoms with Gasteiger partial charge in [0.25, 0.3) is 0 Å². The average molecular weight is 315 g/mol. The average Bonchev–Trinajstić information content (AvgIpc) is 2.97. The van der Waals surface area contributed by atoms with Crippen LogP contribution in [-0.4, -0.2) is 33.4 Å². The molecule has 1 aliphatic rings. The molecular weight excluding hydrogens is 293 g/mol. The number of fused-ring (bicyclic) bond motifs is 1. The van der Waals surface area contributed by atoms with Crippen LogP contribution in [-0.2, 0) is 4.79 Å². The van der Waals surface area contributed by atoms with Crippen LogP contribution in [0.3, 0.4) is 0 Å². The van der Waals surface area contributed by atoms with Crippen LogP contribution < -0.4 is 0 Å². The monoisotopic (exact) mass is 315 g/mol. The van der Waals surface area contributed by atoms with E-state index < -0.39 is 0 Å². The molecule has 1 fully saturated rings. The van der Waals surface area contributed by atoms with E-state index in [9.17, 15) is 9.18 Å². The van der Waals surface area contributed by atoms with Crippen molar-refractivity contribution < 1.29 is 9.18 Å². The van der Waals surface area contributed by atoms with Crippen molar-refractivity contribution in [2.75, 3.05) is 13.1 Å². The number of carbonyl (C=O) groups excluding carboxylic acids is 1. The van der Waals surface area contributed by atoms with Gasteiger partial charge in [-0.3, -0.25) is 4.79 Å². The van der Waals surface area contributed by atoms with E-state index in [4.69, 9.17) is 0 Å². The predicted molar refractivity (Wildman–Crippen MR) is 88.5 cm³/mol. The summed E-state index contributed by atoms with van der Waals surface area (Å²) in [5.74, 6) is -0.0535. The fraction of sp³-hybridized carbons (Fsp3) is 0.444. The third-order valence-corrected chi connectivity index (χ3v) is 4.65. The van der Waals surface area contributed by atoms with Gasteiger partial charge in [-0.25, -0.2) is 9.37 Å². The third-order valence-electron chi connectivity index (χ3n) is 4.65. The van der Waals surface area contributed by atoms with Crippen LogP contribution in [0.15, 0.2) is 37.2 Å². The standard InChI is InChI=1S/C18H22FN3O/c1-3-4-13(2)18(23)21-9-7-15(8-10-21)22-12-20-16-6-5-14(19)11-17(16)22/h3,5-6,11-13,15H,1,4,7-10H2,2H3. The molecule has 0 saturated carbocycles. The topological polar surface area (TPSA) is 38.1 Å². The molecule has 0 spiro atoms. The summed E-state index contributed by atoms with van der Waals surface area (Å²) in [5.41, 5.74) is 1.64. The number of halogens is 1. The van der Waals surface area contributed by atoms with E-state index in [-0.39, 0.29) is 23.7 Å². The van der Waals surface area contributed by atoms with Gasteiger partial charge in [-0.2, -0.15) is 0 Å². The zero-order valence-electron chi connectivity index (χ0n) is 13.4. The van der Waals surface area contributed by atoms with Crippen molar-refractivity contribution in [1.29, 1.82) is 0 Å². The zero-order chi connectivity index (χ0) is 16.4. The molecule has 23 heavy (non-hydrogen) atoms. The highest BCUT2D eigenvalue weighted by molar-refractivity contribution is 5.79. The Balaban J connectivity index is 1.70. The van der Waals surface area contributed by atoms with Crippen LogP contribution in [0.5, 0.6) is 0 Å². The number of aromatic nitrogens is 2. The fourth-order valence-electron chi connectivity index (χ4n) is 3.32. The molecule has 1 aromatic heterocycles. The van der Waals surface area contributed by atoms with Crippen LogP contribution >= 0.6 is 0 Å². The van der Waals surface area contributed by atoms with E-state index in [1.807, 2.05) is 16.4 Å². The number of amides is 1. The Morgan fingerprint density at radius 2 is 2.22 bits per heavy atom. The molecule has 122 valence electrons. The maximum absolute atomic E-state index is 13.5. The molecule has 4 nitrogen and oxygen atoms in total. The Bertz CT molecular complexity index is 716. The summed E-state index contributed by atoms with van der Waals surface area (Å²) < 4.78 is 15.5. The summed E-state index contributed by atoms with van der Waals surface area (Å²) in [7, 11) is 0. The lowest BCUT2D eigenvalue weighted by molar-refractivity contribution is -0.136. The molecule has 1 atom stereocenters. The number of benzene rings is 1. The highest BCUT2D eigenvalue weighted by atomic mass is 19.1. The zero-order valence-corrected chi connectivity index (χ0v) is 13.4. The van der Waals surface area contributed by atoms with Gasteiger partial charge in [-0.15, -0.1) is 6.58 Å². The first-order valence-corrected chi connectivity index (χ1v) is 8.12. The molecule has 5 heteroatoms. The van der Waals surface area contributed by atoms with E-state index in [1.54, 1.807) is 18.5 Å². The van der Waals surface area contributed by atoms with Crippen molar-refractivity contribution in [1.82, 2.24) is 14.5 Å². The number of carbonyl (C=O) groups is 1. The number of nitrogens with zero attached hydrogens (tertiary/aromatic N) is 3. The van der Waals surface area contributed by atoms with E-state index >= 15 is 0 Å². The van der Waals surface area contributed by atoms with E-state index in [1.165, 1.54) is 12.1 Å². The Morgan fingerprint density at radius 1 is 1.48 bits per heavy atom. The highest BCUT2D eigenvalue weighted by Crippen LogP contribution is 2.27. The van der Waals surface area contributed by atoms with E-state index in [2.05, 4.69) is 11.6 Å². The van der Waals surface area contributed by atoms with Crippen molar-refractivity contribution in [3.8, 4) is 0 Å². The lowest BCUT2D eigenvalue weighted by atomic mass is 10.0. The van der Waals surface area contributed by atoms with Crippen molar-refractivity contribution in [3.63, 3.8) is 0 Å². The minimum Gasteiger partial charge on any atom is -0.342 e. The molecule has 0 bridgehead atoms. The first-order chi connectivity index (χ1) is 11.1. The van der Waals surface area contributed by atoms with E-state index in [0.717, 1.165) is 37.0 Å². The molecule has 2 heterocycles. The Labute approximate surface area is 135 Å². The van der Waals surface area contributed by atoms with Gasteiger partial charge in [0.15, 0.2) is 0 Å². The third kappa shape index (κ3) is 3.14. The van der Waals surface area contributed by atoms with Crippen LogP contribution in [0.2, 0.25) is 0 Å². The van der Waals surface area contributed by atoms with Gasteiger partial charge in [0.2, 0.25) is 5.91 Å². The lowest BCUT2D eigenvalue weighted by Gasteiger charge is -2.34. The molecule has 3 rings (SSSR count). The number of hydrogen-bond donors (Lipinski definition) is 0. The van der Waals surface area contributed by atoms with Crippen LogP contribution in [0, 0.1) is 11.7 Å². The second-order valence-corrected chi connectivity index (χ2v) is 6.27. The number of likely N-dealkylation sites (tertiary alicyclic amines) is 1. The number of allylic oxidation sites excluding steroid dienone is 1. The van der Waals surface area contributed by atoms with Gasteiger partial charge in [0.05, 0.1) is 17.4 Å². The number of imidazole rings is 1. The second-order valence-electron chi connectivity index (χ2n) is 6.27. The molecule has 0 N–H and O–H groups in total. The van der Waals surface area contributed by atoms with Crippen LogP contribution in [0.4, 0.5) is 4.39 Å². The first-order valence-electron chi connectivity index (χ1n) is 8.12. The maximum atomic E-state index is 13.5. The minimum atomic E-state index is -0.245. The van der Waals surface area contributed by atoms with Gasteiger partial charge in [-0.1, -0.05) is 13.0 Å². The van der Waals surface area contributed by atoms with E-state index in [0.29, 0.717) is 6.42 Å². The largest absolute Gasteiger partial charge is 0.342 e. The molecule has 0 radical (unpaired) electrons. The Hall–Kier alpha value is -2.17. The minimum absolute atomic E-state index is 0.00720. The van der Waals surface area contributed by atoms with Crippen molar-refractivity contribution in [2.24, 2.45) is 5.92 Å². The fourth-order valence-corrected chi connectivity index (χ4v) is 3.32. The van der Waals surface area contributed by atoms with Crippen molar-refractivity contribution >= 4 is 16.9 Å². The summed E-state index contributed by atoms with van der Waals surface area (Å²) in [4.78, 5) is 18.6. The molecule has 1 saturated heterocycles. The smallest absolute Gasteiger partial charge is 0.225 e. The number of rotatable bonds is 4. The Morgan fingerprint density at radius 3 is 2.91 bits per heavy atom. The maximum Gasteiger partial charge on any atom is 0.225 e. The number of piperidine rings is 1. The van der Waals surface area contributed by atoms with Crippen LogP contribution in [0.1, 0.15) is 32.2 Å². The van der Waals surface area contributed by atoms with Crippen molar-refractivity contribution in [3.05, 3.63) is 43.0 Å². The SMILES string of the molecule is C=CCC(C)C(=O)N1CCC(n2cnc3ccc(F)cc32)CC1. The Kier molecular flexibility index (Phi) is 4.46. The molecule has 1 amide bonds. The molecule has 2 aromatic rings. The normalized spacial score (nSPS) is 17.4. The molecule has 0 aliphatic carbocycles. The van der Waals surface area contributed by atoms with Crippen LogP contribution in [0.25, 0.3) is 11.0 Å². The molecular formula is C18H22FN3O. The van der Waals surface area contributed by atoms with Gasteiger partial charge in [0.1, 0.15) is 5.82 Å². The summed E-state index contributed by atoms with van der Waals surface area (Å²) in [5, 5.41) is 0. The highest BCUT2D eigenvalue weighted by Gasteiger charge is 2.26. The quantitative estimate of drug-likeness (QED) is 0.809. The second kappa shape index (κ2) is 6.52. The number of hydrogen-bond acceptors (Lipinski definition) is 2. The lowest BCUT2D eigenvalue weighted by Crippen LogP contribution is -2.41. The summed E-state index contributed by atoms with van der Waals surface area (Å²) >= 11 is 0. The molecule has 1 aliphatic heterocycles. The summed E-state index contributed by atoms with van der Waals surface area (Å²) in [6.07, 6.45) is 6.03. The predicted octanol–water partition coefficient (Wildman–Crippen LogP) is 3.55. The van der Waals surface area contributed by atoms with Crippen molar-refractivity contribution in [2.45, 2.75) is 32.2 Å². The van der Waals surface area contributed by atoms with Gasteiger partial charge in [0, 0.05) is 25.0 Å². The molecule has 1 unspecified atom stereocenters. The first kappa shape index (κ1) is 15.7. The summed E-state index contributed by atoms with van der Waals surface area (Å²) in [6.45, 7) is 7.12. The van der Waals surface area contributed by atoms with Gasteiger partial charge >= 0.3 is 0 Å². The van der Waals surface area contributed by atoms with Gasteiger partial charge < -0.3 is 9.47 Å². The van der Waals surface area contributed by atoms with Gasteiger partial charge in [-0.05, 0) is 37.5 Å². The summed E-state index contributed by atoms with van der Waals surface area (Å²) in [6, 6.07) is 4.94. The molecule has 1 aromatic carbocycles.